The number of benzene rings is 2. The van der Waals surface area contributed by atoms with Crippen molar-refractivity contribution < 1.29 is 14.2 Å². The maximum atomic E-state index is 6.54. The lowest BCUT2D eigenvalue weighted by atomic mass is 9.99. The van der Waals surface area contributed by atoms with Crippen LogP contribution < -0.4 is 14.2 Å². The summed E-state index contributed by atoms with van der Waals surface area (Å²) in [4.78, 5) is 3.88. The van der Waals surface area contributed by atoms with Gasteiger partial charge in [-0.2, -0.15) is 11.8 Å². The number of methoxy groups -OCH3 is 1. The third kappa shape index (κ3) is 5.61. The van der Waals surface area contributed by atoms with Gasteiger partial charge in [-0.15, -0.1) is 11.3 Å². The smallest absolute Gasteiger partial charge is 0.149 e. The van der Waals surface area contributed by atoms with E-state index in [1.807, 2.05) is 41.7 Å². The van der Waals surface area contributed by atoms with E-state index in [9.17, 15) is 0 Å². The lowest BCUT2D eigenvalue weighted by Crippen LogP contribution is -2.33. The number of hydrogen-bond acceptors (Lipinski definition) is 6. The van der Waals surface area contributed by atoms with Gasteiger partial charge in [0, 0.05) is 16.6 Å². The van der Waals surface area contributed by atoms with Crippen molar-refractivity contribution in [3.8, 4) is 23.0 Å². The predicted molar refractivity (Wildman–Crippen MR) is 140 cm³/mol. The minimum Gasteiger partial charge on any atom is -0.497 e. The van der Waals surface area contributed by atoms with Crippen LogP contribution in [0.1, 0.15) is 42.9 Å². The molecule has 0 atom stereocenters. The molecular formula is C27H33NO3S2. The lowest BCUT2D eigenvalue weighted by molar-refractivity contribution is 0.183. The molecule has 2 aromatic carbocycles. The lowest BCUT2D eigenvalue weighted by Gasteiger charge is -2.26. The first-order valence-corrected chi connectivity index (χ1v) is 14.1. The molecule has 2 aliphatic rings. The van der Waals surface area contributed by atoms with E-state index in [0.29, 0.717) is 5.92 Å². The van der Waals surface area contributed by atoms with Crippen molar-refractivity contribution >= 4 is 33.2 Å². The molecule has 4 nitrogen and oxygen atoms in total. The van der Waals surface area contributed by atoms with Crippen LogP contribution in [-0.2, 0) is 0 Å². The molecule has 2 aliphatic heterocycles. The first-order chi connectivity index (χ1) is 16.3. The minimum absolute atomic E-state index is 0.571. The number of hydrogen-bond donors (Lipinski definition) is 0. The van der Waals surface area contributed by atoms with E-state index in [1.165, 1.54) is 71.7 Å². The highest BCUT2D eigenvalue weighted by molar-refractivity contribution is 7.99. The number of thiophene rings is 1. The molecule has 3 aromatic rings. The first-order valence-electron chi connectivity index (χ1n) is 12.1. The summed E-state index contributed by atoms with van der Waals surface area (Å²) in [5.41, 5.74) is 0. The molecule has 0 spiro atoms. The van der Waals surface area contributed by atoms with E-state index >= 15 is 0 Å². The maximum Gasteiger partial charge on any atom is 0.149 e. The monoisotopic (exact) mass is 483 g/mol. The quantitative estimate of drug-likeness (QED) is 0.339. The molecule has 6 heteroatoms. The second kappa shape index (κ2) is 11.0. The van der Waals surface area contributed by atoms with Gasteiger partial charge in [-0.05, 0) is 98.7 Å². The number of nitrogens with zero attached hydrogens (tertiary/aromatic N) is 1. The molecule has 0 radical (unpaired) electrons. The fourth-order valence-corrected chi connectivity index (χ4v) is 7.17. The Kier molecular flexibility index (Phi) is 7.64. The summed E-state index contributed by atoms with van der Waals surface area (Å²) in [6.45, 7) is 4.16. The molecule has 0 N–H and O–H groups in total. The van der Waals surface area contributed by atoms with Crippen molar-refractivity contribution in [2.24, 2.45) is 0 Å². The van der Waals surface area contributed by atoms with Gasteiger partial charge in [0.15, 0.2) is 0 Å². The second-order valence-electron chi connectivity index (χ2n) is 8.87. The third-order valence-corrected chi connectivity index (χ3v) is 8.98. The molecule has 176 valence electrons. The largest absolute Gasteiger partial charge is 0.497 e. The van der Waals surface area contributed by atoms with Crippen molar-refractivity contribution in [3.05, 3.63) is 47.3 Å². The van der Waals surface area contributed by atoms with Crippen LogP contribution in [0.4, 0.5) is 0 Å². The average molecular weight is 484 g/mol. The van der Waals surface area contributed by atoms with Gasteiger partial charge in [0.1, 0.15) is 29.6 Å². The van der Waals surface area contributed by atoms with E-state index < -0.39 is 0 Å². The molecule has 2 fully saturated rings. The maximum absolute atomic E-state index is 6.54. The van der Waals surface area contributed by atoms with E-state index in [1.54, 1.807) is 7.11 Å². The number of thioether (sulfide) groups is 1. The van der Waals surface area contributed by atoms with Gasteiger partial charge < -0.3 is 14.2 Å². The van der Waals surface area contributed by atoms with Gasteiger partial charge in [-0.25, -0.2) is 0 Å². The number of ether oxygens (including phenoxy) is 3. The molecule has 33 heavy (non-hydrogen) atoms. The molecule has 0 saturated carbocycles. The molecule has 0 unspecified atom stereocenters. The zero-order chi connectivity index (χ0) is 22.5. The van der Waals surface area contributed by atoms with E-state index in [4.69, 9.17) is 14.2 Å². The Morgan fingerprint density at radius 1 is 0.909 bits per heavy atom. The second-order valence-corrected chi connectivity index (χ2v) is 11.2. The van der Waals surface area contributed by atoms with E-state index in [2.05, 4.69) is 28.8 Å². The SMILES string of the molecule is COc1ccc2c(Oc3ccc(OCCN4CCCCC4)cc3)c(C3CCSCC3)sc2c1. The van der Waals surface area contributed by atoms with E-state index in [-0.39, 0.29) is 0 Å². The van der Waals surface area contributed by atoms with Crippen LogP contribution in [0, 0.1) is 0 Å². The standard InChI is InChI=1S/C27H33NO3S2/c1-29-23-9-10-24-25(19-23)33-27(20-11-17-32-18-12-20)26(24)31-22-7-5-21(6-8-22)30-16-15-28-13-3-2-4-14-28/h5-10,19-20H,2-4,11-18H2,1H3. The summed E-state index contributed by atoms with van der Waals surface area (Å²) in [6, 6.07) is 14.4. The summed E-state index contributed by atoms with van der Waals surface area (Å²) in [5, 5.41) is 1.18. The van der Waals surface area contributed by atoms with Crippen LogP contribution in [0.25, 0.3) is 10.1 Å². The normalized spacial score (nSPS) is 17.8. The van der Waals surface area contributed by atoms with E-state index in [0.717, 1.165) is 36.1 Å². The Labute approximate surface area is 205 Å². The van der Waals surface area contributed by atoms with Crippen LogP contribution in [0.2, 0.25) is 0 Å². The molecule has 0 amide bonds. The average Bonchev–Trinajstić information content (AvgIpc) is 3.23. The number of fused-ring (bicyclic) bond motifs is 1. The summed E-state index contributed by atoms with van der Waals surface area (Å²) >= 11 is 3.92. The zero-order valence-corrected chi connectivity index (χ0v) is 21.0. The Morgan fingerprint density at radius 3 is 2.39 bits per heavy atom. The van der Waals surface area contributed by atoms with Crippen molar-refractivity contribution in [1.82, 2.24) is 4.90 Å². The topological polar surface area (TPSA) is 30.9 Å². The van der Waals surface area contributed by atoms with Crippen molar-refractivity contribution in [2.45, 2.75) is 38.0 Å². The fraction of sp³-hybridized carbons (Fsp3) is 0.481. The summed E-state index contributed by atoms with van der Waals surface area (Å²) in [6.07, 6.45) is 6.44. The highest BCUT2D eigenvalue weighted by atomic mass is 32.2. The first kappa shape index (κ1) is 22.9. The molecule has 1 aromatic heterocycles. The number of piperidine rings is 1. The zero-order valence-electron chi connectivity index (χ0n) is 19.4. The van der Waals surface area contributed by atoms with Crippen molar-refractivity contribution in [3.63, 3.8) is 0 Å². The van der Waals surface area contributed by atoms with Crippen LogP contribution >= 0.6 is 23.1 Å². The Morgan fingerprint density at radius 2 is 1.64 bits per heavy atom. The van der Waals surface area contributed by atoms with Crippen LogP contribution in [-0.4, -0.2) is 49.8 Å². The molecule has 2 saturated heterocycles. The van der Waals surface area contributed by atoms with Gasteiger partial charge in [0.25, 0.3) is 0 Å². The van der Waals surface area contributed by atoms with Crippen molar-refractivity contribution in [2.75, 3.05) is 44.9 Å². The van der Waals surface area contributed by atoms with Crippen LogP contribution in [0.5, 0.6) is 23.0 Å². The predicted octanol–water partition coefficient (Wildman–Crippen LogP) is 7.18. The molecule has 0 bridgehead atoms. The van der Waals surface area contributed by atoms with Gasteiger partial charge in [-0.1, -0.05) is 6.42 Å². The number of rotatable bonds is 8. The van der Waals surface area contributed by atoms with Crippen LogP contribution in [0.3, 0.4) is 0 Å². The molecule has 3 heterocycles. The van der Waals surface area contributed by atoms with Gasteiger partial charge in [0.05, 0.1) is 12.0 Å². The van der Waals surface area contributed by atoms with Crippen LogP contribution in [0.15, 0.2) is 42.5 Å². The highest BCUT2D eigenvalue weighted by Gasteiger charge is 2.24. The number of likely N-dealkylation sites (tertiary alicyclic amines) is 1. The molecular weight excluding hydrogens is 450 g/mol. The Balaban J connectivity index is 1.30. The molecule has 5 rings (SSSR count). The van der Waals surface area contributed by atoms with Gasteiger partial charge in [-0.3, -0.25) is 4.90 Å². The Hall–Kier alpha value is -1.89. The molecule has 0 aliphatic carbocycles. The Bertz CT molecular complexity index is 1040. The third-order valence-electron chi connectivity index (χ3n) is 6.64. The van der Waals surface area contributed by atoms with Gasteiger partial charge >= 0.3 is 0 Å². The highest BCUT2D eigenvalue weighted by Crippen LogP contribution is 2.48. The summed E-state index contributed by atoms with van der Waals surface area (Å²) in [7, 11) is 1.72. The summed E-state index contributed by atoms with van der Waals surface area (Å²) in [5.74, 6) is 6.71. The minimum atomic E-state index is 0.571. The summed E-state index contributed by atoms with van der Waals surface area (Å²) < 4.78 is 19.2. The fourth-order valence-electron chi connectivity index (χ4n) is 4.73. The van der Waals surface area contributed by atoms with Gasteiger partial charge in [0.2, 0.25) is 0 Å². The van der Waals surface area contributed by atoms with Crippen molar-refractivity contribution in [1.29, 1.82) is 0 Å².